The molecule has 0 amide bonds. The molecule has 3 N–H and O–H groups in total. The van der Waals surface area contributed by atoms with Gasteiger partial charge in [-0.3, -0.25) is 10.4 Å². The lowest BCUT2D eigenvalue weighted by atomic mass is 10.2. The number of pyridine rings is 1. The molecule has 0 radical (unpaired) electrons. The molecule has 6 heteroatoms. The molecule has 6 nitrogen and oxygen atoms in total. The molecule has 0 unspecified atom stereocenters. The maximum atomic E-state index is 5.83. The van der Waals surface area contributed by atoms with E-state index in [0.29, 0.717) is 5.70 Å². The van der Waals surface area contributed by atoms with E-state index in [0.717, 1.165) is 5.56 Å². The van der Waals surface area contributed by atoms with Crippen LogP contribution in [0.5, 0.6) is 0 Å². The van der Waals surface area contributed by atoms with Crippen molar-refractivity contribution in [1.82, 2.24) is 19.9 Å². The summed E-state index contributed by atoms with van der Waals surface area (Å²) >= 11 is 0. The molecule has 2 heterocycles. The summed E-state index contributed by atoms with van der Waals surface area (Å²) in [7, 11) is 0. The average Bonchev–Trinajstić information content (AvgIpc) is 2.80. The molecule has 0 bridgehead atoms. The molecule has 0 aliphatic carbocycles. The van der Waals surface area contributed by atoms with Gasteiger partial charge in [-0.1, -0.05) is 0 Å². The molecule has 0 aliphatic heterocycles. The van der Waals surface area contributed by atoms with Crippen molar-refractivity contribution < 1.29 is 0 Å². The normalized spacial score (nSPS) is 11.3. The lowest BCUT2D eigenvalue weighted by molar-refractivity contribution is 0.947. The summed E-state index contributed by atoms with van der Waals surface area (Å²) in [6.45, 7) is 0. The fraction of sp³-hybridized carbons (Fsp3) is 0. The van der Waals surface area contributed by atoms with Crippen LogP contribution in [-0.2, 0) is 0 Å². The van der Waals surface area contributed by atoms with Crippen molar-refractivity contribution >= 4 is 5.70 Å². The Balaban J connectivity index is 2.08. The number of hydrogen-bond acceptors (Lipinski definition) is 5. The van der Waals surface area contributed by atoms with Crippen LogP contribution in [0, 0.1) is 0 Å². The molecule has 15 heavy (non-hydrogen) atoms. The first-order valence-corrected chi connectivity index (χ1v) is 4.33. The van der Waals surface area contributed by atoms with E-state index in [-0.39, 0.29) is 0 Å². The van der Waals surface area contributed by atoms with E-state index in [4.69, 9.17) is 5.73 Å². The topological polar surface area (TPSA) is 81.6 Å². The number of nitrogens with zero attached hydrogens (tertiary/aromatic N) is 4. The van der Waals surface area contributed by atoms with E-state index in [9.17, 15) is 0 Å². The SMILES string of the molecule is N/C(=C\Nn1cnnc1)c1ccncc1. The van der Waals surface area contributed by atoms with Crippen LogP contribution >= 0.6 is 0 Å². The Hall–Kier alpha value is -2.37. The van der Waals surface area contributed by atoms with E-state index >= 15 is 0 Å². The summed E-state index contributed by atoms with van der Waals surface area (Å²) in [6, 6.07) is 3.67. The monoisotopic (exact) mass is 202 g/mol. The van der Waals surface area contributed by atoms with Crippen LogP contribution < -0.4 is 11.2 Å². The van der Waals surface area contributed by atoms with Crippen LogP contribution in [-0.4, -0.2) is 19.9 Å². The van der Waals surface area contributed by atoms with Gasteiger partial charge < -0.3 is 5.73 Å². The number of nitrogens with two attached hydrogens (primary N) is 1. The van der Waals surface area contributed by atoms with Gasteiger partial charge in [-0.2, -0.15) is 0 Å². The van der Waals surface area contributed by atoms with Gasteiger partial charge in [0.05, 0.1) is 5.70 Å². The minimum absolute atomic E-state index is 0.617. The van der Waals surface area contributed by atoms with E-state index in [2.05, 4.69) is 20.6 Å². The van der Waals surface area contributed by atoms with Crippen LogP contribution in [0.4, 0.5) is 0 Å². The first-order chi connectivity index (χ1) is 7.36. The van der Waals surface area contributed by atoms with Crippen molar-refractivity contribution in [1.29, 1.82) is 0 Å². The van der Waals surface area contributed by atoms with Gasteiger partial charge in [0.2, 0.25) is 0 Å². The molecular formula is C9H10N6. The zero-order chi connectivity index (χ0) is 10.5. The largest absolute Gasteiger partial charge is 0.397 e. The van der Waals surface area contributed by atoms with Crippen LogP contribution in [0.2, 0.25) is 0 Å². The predicted octanol–water partition coefficient (Wildman–Crippen LogP) is 0.174. The number of nitrogens with one attached hydrogen (secondary N) is 1. The van der Waals surface area contributed by atoms with Gasteiger partial charge in [0.25, 0.3) is 0 Å². The molecule has 2 aromatic heterocycles. The molecule has 0 atom stereocenters. The van der Waals surface area contributed by atoms with E-state index < -0.39 is 0 Å². The number of rotatable bonds is 3. The Labute approximate surface area is 86.4 Å². The van der Waals surface area contributed by atoms with Gasteiger partial charge in [0.15, 0.2) is 0 Å². The van der Waals surface area contributed by atoms with Crippen molar-refractivity contribution in [2.24, 2.45) is 5.73 Å². The quantitative estimate of drug-likeness (QED) is 0.741. The minimum Gasteiger partial charge on any atom is -0.397 e. The first-order valence-electron chi connectivity index (χ1n) is 4.33. The number of aromatic nitrogens is 4. The smallest absolute Gasteiger partial charge is 0.139 e. The minimum atomic E-state index is 0.617. The zero-order valence-corrected chi connectivity index (χ0v) is 7.91. The van der Waals surface area contributed by atoms with Crippen molar-refractivity contribution in [3.63, 3.8) is 0 Å². The lowest BCUT2D eigenvalue weighted by Gasteiger charge is -2.03. The molecule has 0 saturated carbocycles. The molecule has 2 rings (SSSR count). The Morgan fingerprint density at radius 1 is 1.27 bits per heavy atom. The molecule has 0 saturated heterocycles. The maximum Gasteiger partial charge on any atom is 0.139 e. The van der Waals surface area contributed by atoms with Crippen LogP contribution in [0.3, 0.4) is 0 Å². The summed E-state index contributed by atoms with van der Waals surface area (Å²) in [6.07, 6.45) is 8.12. The Morgan fingerprint density at radius 2 is 1.93 bits per heavy atom. The Kier molecular flexibility index (Phi) is 2.59. The summed E-state index contributed by atoms with van der Waals surface area (Å²) in [5, 5.41) is 7.29. The summed E-state index contributed by atoms with van der Waals surface area (Å²) in [4.78, 5) is 3.91. The fourth-order valence-corrected chi connectivity index (χ4v) is 1.04. The molecule has 2 aromatic rings. The summed E-state index contributed by atoms with van der Waals surface area (Å²) < 4.78 is 1.59. The summed E-state index contributed by atoms with van der Waals surface area (Å²) in [5.41, 5.74) is 10.3. The Morgan fingerprint density at radius 3 is 2.60 bits per heavy atom. The molecule has 0 spiro atoms. The van der Waals surface area contributed by atoms with Gasteiger partial charge in [-0.25, -0.2) is 4.68 Å². The van der Waals surface area contributed by atoms with Crippen molar-refractivity contribution in [3.05, 3.63) is 48.9 Å². The predicted molar refractivity (Wildman–Crippen MR) is 55.8 cm³/mol. The highest BCUT2D eigenvalue weighted by molar-refractivity contribution is 5.62. The standard InChI is InChI=1S/C9H10N6/c10-9(8-1-3-11-4-2-8)5-14-15-6-12-13-7-15/h1-7,14H,10H2/b9-5-. The van der Waals surface area contributed by atoms with E-state index in [1.54, 1.807) is 23.3 Å². The molecule has 76 valence electrons. The lowest BCUT2D eigenvalue weighted by Crippen LogP contribution is -2.08. The highest BCUT2D eigenvalue weighted by Crippen LogP contribution is 2.04. The molecule has 0 fully saturated rings. The van der Waals surface area contributed by atoms with Gasteiger partial charge in [0, 0.05) is 24.2 Å². The second kappa shape index (κ2) is 4.23. The zero-order valence-electron chi connectivity index (χ0n) is 7.91. The second-order valence-electron chi connectivity index (χ2n) is 2.83. The third-order valence-electron chi connectivity index (χ3n) is 1.80. The molecule has 0 aliphatic rings. The highest BCUT2D eigenvalue weighted by Gasteiger charge is 1.94. The van der Waals surface area contributed by atoms with Gasteiger partial charge in [-0.05, 0) is 12.1 Å². The van der Waals surface area contributed by atoms with Crippen molar-refractivity contribution in [2.45, 2.75) is 0 Å². The molecular weight excluding hydrogens is 192 g/mol. The third-order valence-corrected chi connectivity index (χ3v) is 1.80. The van der Waals surface area contributed by atoms with Gasteiger partial charge in [0.1, 0.15) is 12.7 Å². The summed E-state index contributed by atoms with van der Waals surface area (Å²) in [5.74, 6) is 0. The van der Waals surface area contributed by atoms with Crippen LogP contribution in [0.25, 0.3) is 5.70 Å². The van der Waals surface area contributed by atoms with Gasteiger partial charge >= 0.3 is 0 Å². The van der Waals surface area contributed by atoms with Crippen LogP contribution in [0.15, 0.2) is 43.4 Å². The second-order valence-corrected chi connectivity index (χ2v) is 2.83. The highest BCUT2D eigenvalue weighted by atomic mass is 15.5. The van der Waals surface area contributed by atoms with E-state index in [1.165, 1.54) is 12.7 Å². The molecule has 0 aromatic carbocycles. The maximum absolute atomic E-state index is 5.83. The van der Waals surface area contributed by atoms with Crippen LogP contribution in [0.1, 0.15) is 5.56 Å². The fourth-order valence-electron chi connectivity index (χ4n) is 1.04. The van der Waals surface area contributed by atoms with Crippen molar-refractivity contribution in [3.8, 4) is 0 Å². The first kappa shape index (κ1) is 9.20. The number of hydrogen-bond donors (Lipinski definition) is 2. The Bertz CT molecular complexity index is 433. The van der Waals surface area contributed by atoms with Gasteiger partial charge in [-0.15, -0.1) is 10.2 Å². The van der Waals surface area contributed by atoms with E-state index in [1.807, 2.05) is 12.1 Å². The third kappa shape index (κ3) is 2.31. The van der Waals surface area contributed by atoms with Crippen molar-refractivity contribution in [2.75, 3.05) is 5.43 Å². The average molecular weight is 202 g/mol.